The van der Waals surface area contributed by atoms with E-state index < -0.39 is 17.5 Å². The Morgan fingerprint density at radius 2 is 1.77 bits per heavy atom. The van der Waals surface area contributed by atoms with E-state index >= 15 is 0 Å². The first-order valence-corrected chi connectivity index (χ1v) is 11.1. The molecule has 1 saturated carbocycles. The number of ketones is 1. The molecule has 1 aliphatic carbocycles. The first-order valence-electron chi connectivity index (χ1n) is 10.7. The van der Waals surface area contributed by atoms with Gasteiger partial charge in [-0.3, -0.25) is 9.59 Å². The molecule has 1 amide bonds. The van der Waals surface area contributed by atoms with Crippen LogP contribution in [0.2, 0.25) is 5.02 Å². The van der Waals surface area contributed by atoms with Gasteiger partial charge in [-0.15, -0.1) is 0 Å². The molecule has 0 spiro atoms. The average Bonchev–Trinajstić information content (AvgIpc) is 3.42. The molecule has 1 heterocycles. The lowest BCUT2D eigenvalue weighted by atomic mass is 10.1. The summed E-state index contributed by atoms with van der Waals surface area (Å²) in [4.78, 5) is 23.8. The Morgan fingerprint density at radius 3 is 2.35 bits per heavy atom. The smallest absolute Gasteiger partial charge is 0.289 e. The van der Waals surface area contributed by atoms with Gasteiger partial charge in [-0.2, -0.15) is 0 Å². The Balaban J connectivity index is 0.000000196. The Hall–Kier alpha value is -2.44. The predicted molar refractivity (Wildman–Crippen MR) is 119 cm³/mol. The Kier molecular flexibility index (Phi) is 8.43. The minimum absolute atomic E-state index is 0.101. The summed E-state index contributed by atoms with van der Waals surface area (Å²) >= 11 is 6.27. The van der Waals surface area contributed by atoms with Crippen molar-refractivity contribution in [3.05, 3.63) is 64.4 Å². The number of halogens is 2. The van der Waals surface area contributed by atoms with Gasteiger partial charge in [0.2, 0.25) is 5.78 Å². The summed E-state index contributed by atoms with van der Waals surface area (Å²) in [6, 6.07) is 10.9. The van der Waals surface area contributed by atoms with Gasteiger partial charge >= 0.3 is 0 Å². The number of carbonyl (C=O) groups is 2. The second-order valence-electron chi connectivity index (χ2n) is 7.93. The van der Waals surface area contributed by atoms with Crippen LogP contribution in [-0.2, 0) is 11.2 Å². The van der Waals surface area contributed by atoms with Gasteiger partial charge in [0, 0.05) is 5.56 Å². The van der Waals surface area contributed by atoms with E-state index in [4.69, 9.17) is 22.1 Å². The molecule has 0 radical (unpaired) electrons. The van der Waals surface area contributed by atoms with Crippen LogP contribution < -0.4 is 10.5 Å². The molecule has 0 unspecified atom stereocenters. The third-order valence-electron chi connectivity index (χ3n) is 5.28. The first kappa shape index (κ1) is 23.2. The Labute approximate surface area is 187 Å². The molecule has 4 rings (SSSR count). The quantitative estimate of drug-likeness (QED) is 0.481. The molecular weight excluding hydrogens is 419 g/mol. The van der Waals surface area contributed by atoms with Crippen molar-refractivity contribution in [2.75, 3.05) is 19.6 Å². The van der Waals surface area contributed by atoms with Crippen LogP contribution in [0.15, 0.2) is 42.5 Å². The molecule has 1 saturated heterocycles. The normalized spacial score (nSPS) is 15.8. The van der Waals surface area contributed by atoms with E-state index in [1.54, 1.807) is 0 Å². The number of hydrogen-bond acceptors (Lipinski definition) is 4. The zero-order valence-corrected chi connectivity index (χ0v) is 18.2. The molecule has 2 aromatic rings. The Morgan fingerprint density at radius 1 is 1.10 bits per heavy atom. The summed E-state index contributed by atoms with van der Waals surface area (Å²) in [5, 5.41) is 0.769. The summed E-state index contributed by atoms with van der Waals surface area (Å²) in [5.41, 5.74) is 6.15. The second kappa shape index (κ2) is 11.3. The van der Waals surface area contributed by atoms with Crippen LogP contribution in [0, 0.1) is 5.82 Å². The van der Waals surface area contributed by atoms with Gasteiger partial charge in [-0.1, -0.05) is 17.7 Å². The lowest BCUT2D eigenvalue weighted by molar-refractivity contribution is -0.114. The maximum atomic E-state index is 12.3. The first-order chi connectivity index (χ1) is 14.9. The number of benzene rings is 2. The van der Waals surface area contributed by atoms with Crippen molar-refractivity contribution < 1.29 is 18.7 Å². The van der Waals surface area contributed by atoms with Crippen LogP contribution in [0.4, 0.5) is 4.39 Å². The fourth-order valence-corrected chi connectivity index (χ4v) is 3.67. The zero-order chi connectivity index (χ0) is 22.2. The van der Waals surface area contributed by atoms with Crippen molar-refractivity contribution >= 4 is 23.3 Å². The third-order valence-corrected chi connectivity index (χ3v) is 5.58. The predicted octanol–water partition coefficient (Wildman–Crippen LogP) is 4.40. The number of nitrogens with zero attached hydrogens (tertiary/aromatic N) is 1. The highest BCUT2D eigenvalue weighted by atomic mass is 35.5. The number of ether oxygens (including phenoxy) is 1. The summed E-state index contributed by atoms with van der Waals surface area (Å²) in [6.07, 6.45) is 7.84. The molecule has 2 fully saturated rings. The van der Waals surface area contributed by atoms with Gasteiger partial charge in [0.05, 0.1) is 11.1 Å². The van der Waals surface area contributed by atoms with E-state index in [2.05, 4.69) is 17.0 Å². The molecule has 166 valence electrons. The van der Waals surface area contributed by atoms with Crippen LogP contribution in [0.1, 0.15) is 48.0 Å². The number of aryl methyl sites for hydroxylation is 1. The molecule has 2 aromatic carbocycles. The summed E-state index contributed by atoms with van der Waals surface area (Å²) in [5.74, 6) is -1.46. The maximum absolute atomic E-state index is 12.3. The van der Waals surface area contributed by atoms with E-state index in [-0.39, 0.29) is 5.56 Å². The number of Topliss-reactive ketones (excluding diaryl/α,β-unsaturated/α-hetero) is 1. The number of hydrogen-bond donors (Lipinski definition) is 1. The third kappa shape index (κ3) is 7.64. The summed E-state index contributed by atoms with van der Waals surface area (Å²) in [6.45, 7) is 3.79. The molecule has 5 nitrogen and oxygen atoms in total. The standard InChI is InChI=1S/C16H22ClNO.C8H6FNO2/c17-15-12-13(4-3-11-18-9-1-2-10-18)5-8-16(15)19-14-6-7-14;9-6-3-1-5(2-4-6)7(11)8(10)12/h5,8,12,14H,1-4,6-7,9-11H2;1-4H,(H2,10,12). The number of amides is 1. The van der Waals surface area contributed by atoms with Crippen LogP contribution in [-0.4, -0.2) is 42.3 Å². The largest absolute Gasteiger partial charge is 0.489 e. The minimum atomic E-state index is -1.04. The highest BCUT2D eigenvalue weighted by Gasteiger charge is 2.24. The molecule has 0 aromatic heterocycles. The highest BCUT2D eigenvalue weighted by molar-refractivity contribution is 6.42. The van der Waals surface area contributed by atoms with E-state index in [0.29, 0.717) is 6.10 Å². The van der Waals surface area contributed by atoms with Crippen molar-refractivity contribution in [1.29, 1.82) is 0 Å². The zero-order valence-electron chi connectivity index (χ0n) is 17.5. The van der Waals surface area contributed by atoms with Crippen molar-refractivity contribution in [2.45, 2.75) is 44.6 Å². The lowest BCUT2D eigenvalue weighted by Gasteiger charge is -2.14. The molecule has 0 bridgehead atoms. The lowest BCUT2D eigenvalue weighted by Crippen LogP contribution is -2.22. The SMILES string of the molecule is Clc1cc(CCCN2CCCC2)ccc1OC1CC1.NC(=O)C(=O)c1ccc(F)cc1. The van der Waals surface area contributed by atoms with Gasteiger partial charge in [-0.25, -0.2) is 4.39 Å². The topological polar surface area (TPSA) is 72.6 Å². The highest BCUT2D eigenvalue weighted by Crippen LogP contribution is 2.32. The summed E-state index contributed by atoms with van der Waals surface area (Å²) < 4.78 is 18.1. The molecule has 1 aliphatic heterocycles. The number of rotatable bonds is 8. The number of nitrogens with two attached hydrogens (primary N) is 1. The van der Waals surface area contributed by atoms with Crippen molar-refractivity contribution in [3.63, 3.8) is 0 Å². The number of likely N-dealkylation sites (tertiary alicyclic amines) is 1. The number of primary amides is 1. The van der Waals surface area contributed by atoms with Crippen LogP contribution in [0.5, 0.6) is 5.75 Å². The van der Waals surface area contributed by atoms with Crippen molar-refractivity contribution in [1.82, 2.24) is 4.90 Å². The molecule has 31 heavy (non-hydrogen) atoms. The molecule has 0 atom stereocenters. The van der Waals surface area contributed by atoms with Gasteiger partial charge in [0.25, 0.3) is 5.91 Å². The minimum Gasteiger partial charge on any atom is -0.489 e. The average molecular weight is 447 g/mol. The van der Waals surface area contributed by atoms with Gasteiger partial charge in [0.1, 0.15) is 11.6 Å². The van der Waals surface area contributed by atoms with Gasteiger partial charge in [0.15, 0.2) is 0 Å². The second-order valence-corrected chi connectivity index (χ2v) is 8.34. The Bertz CT molecular complexity index is 894. The van der Waals surface area contributed by atoms with E-state index in [1.165, 1.54) is 69.4 Å². The van der Waals surface area contributed by atoms with Crippen molar-refractivity contribution in [2.24, 2.45) is 5.73 Å². The molecule has 7 heteroatoms. The molecular formula is C24H28ClFN2O3. The summed E-state index contributed by atoms with van der Waals surface area (Å²) in [7, 11) is 0. The molecule has 2 N–H and O–H groups in total. The monoisotopic (exact) mass is 446 g/mol. The molecule has 2 aliphatic rings. The van der Waals surface area contributed by atoms with E-state index in [9.17, 15) is 14.0 Å². The van der Waals surface area contributed by atoms with E-state index in [0.717, 1.165) is 29.3 Å². The number of carbonyl (C=O) groups excluding carboxylic acids is 2. The van der Waals surface area contributed by atoms with Gasteiger partial charge in [-0.05, 0) is 100 Å². The van der Waals surface area contributed by atoms with Crippen LogP contribution in [0.25, 0.3) is 0 Å². The fraction of sp³-hybridized carbons (Fsp3) is 0.417. The van der Waals surface area contributed by atoms with Gasteiger partial charge < -0.3 is 15.4 Å². The van der Waals surface area contributed by atoms with Crippen molar-refractivity contribution in [3.8, 4) is 5.75 Å². The van der Waals surface area contributed by atoms with E-state index in [1.807, 2.05) is 6.07 Å². The fourth-order valence-electron chi connectivity index (χ4n) is 3.42. The maximum Gasteiger partial charge on any atom is 0.289 e. The van der Waals surface area contributed by atoms with Crippen LogP contribution in [0.3, 0.4) is 0 Å². The van der Waals surface area contributed by atoms with Crippen LogP contribution >= 0.6 is 11.6 Å².